The number of rotatable bonds is 12. The minimum Gasteiger partial charge on any atom is -0.487 e. The molecule has 2 unspecified atom stereocenters. The molecule has 0 amide bonds. The number of pyridine rings is 1. The third kappa shape index (κ3) is 7.28. The Bertz CT molecular complexity index is 1280. The summed E-state index contributed by atoms with van der Waals surface area (Å²) in [6.07, 6.45) is 4.96. The number of thioether (sulfide) groups is 2. The van der Waals surface area contributed by atoms with Crippen LogP contribution in [-0.4, -0.2) is 27.6 Å². The molecule has 0 saturated heterocycles. The molecule has 2 atom stereocenters. The Morgan fingerprint density at radius 3 is 2.44 bits per heavy atom. The summed E-state index contributed by atoms with van der Waals surface area (Å²) in [7, 11) is 0. The van der Waals surface area contributed by atoms with Gasteiger partial charge < -0.3 is 9.84 Å². The van der Waals surface area contributed by atoms with E-state index in [4.69, 9.17) is 4.74 Å². The second-order valence-corrected chi connectivity index (χ2v) is 11.1. The largest absolute Gasteiger partial charge is 0.487 e. The highest BCUT2D eigenvalue weighted by atomic mass is 32.2. The number of aromatic nitrogens is 1. The van der Waals surface area contributed by atoms with Gasteiger partial charge in [-0.3, -0.25) is 4.79 Å². The van der Waals surface area contributed by atoms with Gasteiger partial charge >= 0.3 is 5.97 Å². The third-order valence-corrected chi connectivity index (χ3v) is 8.29. The lowest BCUT2D eigenvalue weighted by Crippen LogP contribution is -2.14. The van der Waals surface area contributed by atoms with Crippen molar-refractivity contribution in [2.75, 3.05) is 6.26 Å². The maximum atomic E-state index is 11.5. The molecule has 0 fully saturated rings. The van der Waals surface area contributed by atoms with Crippen LogP contribution in [0.5, 0.6) is 5.75 Å². The third-order valence-electron chi connectivity index (χ3n) is 6.10. The summed E-state index contributed by atoms with van der Waals surface area (Å²) in [6, 6.07) is 28.8. The zero-order valence-electron chi connectivity index (χ0n) is 20.6. The van der Waals surface area contributed by atoms with Crippen LogP contribution in [-0.2, 0) is 17.8 Å². The van der Waals surface area contributed by atoms with Crippen molar-refractivity contribution >= 4 is 40.4 Å². The van der Waals surface area contributed by atoms with Crippen LogP contribution in [0.3, 0.4) is 0 Å². The molecule has 0 aliphatic carbocycles. The number of aliphatic carboxylic acids is 1. The van der Waals surface area contributed by atoms with Crippen molar-refractivity contribution in [1.29, 1.82) is 0 Å². The smallest absolute Gasteiger partial charge is 0.316 e. The topological polar surface area (TPSA) is 59.4 Å². The Hall–Kier alpha value is -2.96. The van der Waals surface area contributed by atoms with Crippen LogP contribution in [0.15, 0.2) is 89.8 Å². The predicted octanol–water partition coefficient (Wildman–Crippen LogP) is 7.81. The molecule has 36 heavy (non-hydrogen) atoms. The average Bonchev–Trinajstić information content (AvgIpc) is 2.91. The standard InChI is InChI=1S/C30H31NO3S2/c1-21(30(32)33)36-29(9-5-6-22-10-18-27(35-2)19-11-22)24-13-16-26(17-14-24)34-20-25-15-12-23-7-3-4-8-28(23)31-25/h3-4,7-8,10-19,21,29H,5-6,9,20H2,1-2H3,(H,32,33). The van der Waals surface area contributed by atoms with Crippen LogP contribution in [0.1, 0.15) is 41.8 Å². The highest BCUT2D eigenvalue weighted by Crippen LogP contribution is 2.37. The minimum atomic E-state index is -0.777. The van der Waals surface area contributed by atoms with E-state index in [1.54, 1.807) is 18.7 Å². The van der Waals surface area contributed by atoms with Crippen molar-refractivity contribution in [3.8, 4) is 5.75 Å². The lowest BCUT2D eigenvalue weighted by Gasteiger charge is -2.20. The number of para-hydroxylation sites is 1. The number of carboxylic acids is 1. The first kappa shape index (κ1) is 26.1. The highest BCUT2D eigenvalue weighted by molar-refractivity contribution is 8.00. The van der Waals surface area contributed by atoms with Crippen LogP contribution in [0.4, 0.5) is 0 Å². The lowest BCUT2D eigenvalue weighted by atomic mass is 10.0. The van der Waals surface area contributed by atoms with Crippen LogP contribution in [0.25, 0.3) is 10.9 Å². The monoisotopic (exact) mass is 517 g/mol. The summed E-state index contributed by atoms with van der Waals surface area (Å²) in [5.74, 6) is -0.00174. The van der Waals surface area contributed by atoms with Crippen molar-refractivity contribution in [2.24, 2.45) is 0 Å². The van der Waals surface area contributed by atoms with Crippen LogP contribution in [0.2, 0.25) is 0 Å². The molecule has 0 aliphatic heterocycles. The Morgan fingerprint density at radius 1 is 0.972 bits per heavy atom. The van der Waals surface area contributed by atoms with Gasteiger partial charge in [-0.1, -0.05) is 48.5 Å². The first-order valence-corrected chi connectivity index (χ1v) is 14.3. The highest BCUT2D eigenvalue weighted by Gasteiger charge is 2.20. The van der Waals surface area contributed by atoms with Gasteiger partial charge in [0.2, 0.25) is 0 Å². The fraction of sp³-hybridized carbons (Fsp3) is 0.267. The summed E-state index contributed by atoms with van der Waals surface area (Å²) in [6.45, 7) is 2.16. The Morgan fingerprint density at radius 2 is 1.72 bits per heavy atom. The van der Waals surface area contributed by atoms with E-state index in [-0.39, 0.29) is 5.25 Å². The molecule has 3 aromatic carbocycles. The summed E-state index contributed by atoms with van der Waals surface area (Å²) in [5.41, 5.74) is 4.28. The Balaban J connectivity index is 1.37. The van der Waals surface area contributed by atoms with Crippen LogP contribution in [0, 0.1) is 0 Å². The number of carboxylic acid groups (broad SMARTS) is 1. The summed E-state index contributed by atoms with van der Waals surface area (Å²) >= 11 is 3.25. The van der Waals surface area contributed by atoms with Gasteiger partial charge in [-0.05, 0) is 80.0 Å². The van der Waals surface area contributed by atoms with Crippen LogP contribution < -0.4 is 4.74 Å². The SMILES string of the molecule is CSc1ccc(CCCC(SC(C)C(=O)O)c2ccc(OCc3ccc4ccccc4n3)cc2)cc1. The number of fused-ring (bicyclic) bond motifs is 1. The van der Waals surface area contributed by atoms with Crippen molar-refractivity contribution in [3.63, 3.8) is 0 Å². The molecular formula is C30H31NO3S2. The van der Waals surface area contributed by atoms with E-state index in [0.717, 1.165) is 47.2 Å². The van der Waals surface area contributed by atoms with Gasteiger partial charge in [0.25, 0.3) is 0 Å². The van der Waals surface area contributed by atoms with Gasteiger partial charge in [-0.15, -0.1) is 23.5 Å². The van der Waals surface area contributed by atoms with Crippen molar-refractivity contribution in [2.45, 2.75) is 48.2 Å². The quantitative estimate of drug-likeness (QED) is 0.193. The Kier molecular flexibility index (Phi) is 9.31. The molecule has 1 heterocycles. The fourth-order valence-electron chi connectivity index (χ4n) is 4.03. The van der Waals surface area contributed by atoms with Gasteiger partial charge in [0.15, 0.2) is 0 Å². The molecule has 0 saturated carbocycles. The number of carbonyl (C=O) groups is 1. The number of hydrogen-bond donors (Lipinski definition) is 1. The molecule has 1 aromatic heterocycles. The van der Waals surface area contributed by atoms with E-state index in [0.29, 0.717) is 6.61 Å². The van der Waals surface area contributed by atoms with E-state index in [2.05, 4.69) is 53.7 Å². The fourth-order valence-corrected chi connectivity index (χ4v) is 5.66. The number of nitrogens with zero attached hydrogens (tertiary/aromatic N) is 1. The molecule has 0 radical (unpaired) electrons. The lowest BCUT2D eigenvalue weighted by molar-refractivity contribution is -0.136. The van der Waals surface area contributed by atoms with Crippen molar-refractivity contribution < 1.29 is 14.6 Å². The van der Waals surface area contributed by atoms with Gasteiger partial charge in [0, 0.05) is 15.5 Å². The molecule has 0 bridgehead atoms. The molecule has 6 heteroatoms. The zero-order valence-corrected chi connectivity index (χ0v) is 22.2. The first-order chi connectivity index (χ1) is 17.5. The molecule has 0 spiro atoms. The average molecular weight is 518 g/mol. The molecule has 4 aromatic rings. The molecule has 0 aliphatic rings. The van der Waals surface area contributed by atoms with E-state index >= 15 is 0 Å². The molecule has 1 N–H and O–H groups in total. The second-order valence-electron chi connectivity index (χ2n) is 8.70. The summed E-state index contributed by atoms with van der Waals surface area (Å²) in [5, 5.41) is 10.2. The van der Waals surface area contributed by atoms with E-state index in [1.807, 2.05) is 42.5 Å². The minimum absolute atomic E-state index is 0.109. The maximum Gasteiger partial charge on any atom is 0.316 e. The molecule has 4 nitrogen and oxygen atoms in total. The van der Waals surface area contributed by atoms with Crippen LogP contribution >= 0.6 is 23.5 Å². The maximum absolute atomic E-state index is 11.5. The number of ether oxygens (including phenoxy) is 1. The normalized spacial score (nSPS) is 12.8. The molecule has 186 valence electrons. The van der Waals surface area contributed by atoms with Gasteiger partial charge in [0.1, 0.15) is 17.6 Å². The van der Waals surface area contributed by atoms with Crippen molar-refractivity contribution in [3.05, 3.63) is 102 Å². The number of aryl methyl sites for hydroxylation is 1. The van der Waals surface area contributed by atoms with Gasteiger partial charge in [0.05, 0.1) is 11.2 Å². The number of benzene rings is 3. The number of hydrogen-bond acceptors (Lipinski definition) is 5. The zero-order chi connectivity index (χ0) is 25.3. The van der Waals surface area contributed by atoms with E-state index in [1.165, 1.54) is 22.2 Å². The van der Waals surface area contributed by atoms with E-state index in [9.17, 15) is 9.90 Å². The second kappa shape index (κ2) is 12.8. The predicted molar refractivity (Wildman–Crippen MR) is 151 cm³/mol. The molecule has 4 rings (SSSR count). The van der Waals surface area contributed by atoms with Crippen molar-refractivity contribution in [1.82, 2.24) is 4.98 Å². The summed E-state index contributed by atoms with van der Waals surface area (Å²) < 4.78 is 5.99. The molecular weight excluding hydrogens is 486 g/mol. The van der Waals surface area contributed by atoms with E-state index < -0.39 is 11.2 Å². The van der Waals surface area contributed by atoms with Gasteiger partial charge in [-0.25, -0.2) is 4.98 Å². The Labute approximate surface area is 221 Å². The first-order valence-electron chi connectivity index (χ1n) is 12.1. The van der Waals surface area contributed by atoms with Gasteiger partial charge in [-0.2, -0.15) is 0 Å². The summed E-state index contributed by atoms with van der Waals surface area (Å²) in [4.78, 5) is 17.5.